The van der Waals surface area contributed by atoms with Crippen LogP contribution in [0.2, 0.25) is 0 Å². The van der Waals surface area contributed by atoms with Crippen molar-refractivity contribution in [2.75, 3.05) is 5.32 Å². The van der Waals surface area contributed by atoms with Crippen LogP contribution in [0.1, 0.15) is 49.8 Å². The van der Waals surface area contributed by atoms with Gasteiger partial charge in [-0.2, -0.15) is 5.26 Å². The predicted octanol–water partition coefficient (Wildman–Crippen LogP) is 6.15. The average molecular weight is 540 g/mol. The zero-order chi connectivity index (χ0) is 27.7. The van der Waals surface area contributed by atoms with Gasteiger partial charge in [-0.3, -0.25) is 4.79 Å². The summed E-state index contributed by atoms with van der Waals surface area (Å²) in [5.74, 6) is -2.78. The first kappa shape index (κ1) is 25.9. The molecular weight excluding hydrogens is 514 g/mol. The molecule has 2 aromatic heterocycles. The lowest BCUT2D eigenvalue weighted by atomic mass is 9.79. The number of urea groups is 1. The molecule has 2 amide bonds. The molecule has 1 saturated heterocycles. The summed E-state index contributed by atoms with van der Waals surface area (Å²) in [5.41, 5.74) is 2.28. The van der Waals surface area contributed by atoms with E-state index in [4.69, 9.17) is 4.42 Å². The number of carboxylic acid groups (broad SMARTS) is 1. The average Bonchev–Trinajstić information content (AvgIpc) is 3.65. The van der Waals surface area contributed by atoms with Crippen molar-refractivity contribution in [3.63, 3.8) is 0 Å². The molecule has 1 fully saturated rings. The summed E-state index contributed by atoms with van der Waals surface area (Å²) in [5, 5.41) is 24.6. The Morgan fingerprint density at radius 1 is 1.00 bits per heavy atom. The van der Waals surface area contributed by atoms with Crippen molar-refractivity contribution in [1.82, 2.24) is 4.90 Å². The maximum absolute atomic E-state index is 14.2. The van der Waals surface area contributed by atoms with Gasteiger partial charge in [-0.05, 0) is 72.8 Å². The van der Waals surface area contributed by atoms with Gasteiger partial charge in [0.15, 0.2) is 5.76 Å². The number of para-hydroxylation sites is 1. The monoisotopic (exact) mass is 539 g/mol. The highest BCUT2D eigenvalue weighted by Gasteiger charge is 2.58. The Labute approximate surface area is 229 Å². The van der Waals surface area contributed by atoms with Crippen LogP contribution >= 0.6 is 11.3 Å². The van der Waals surface area contributed by atoms with Gasteiger partial charge in [0.1, 0.15) is 11.8 Å². The van der Waals surface area contributed by atoms with E-state index in [1.807, 2.05) is 18.4 Å². The van der Waals surface area contributed by atoms with Crippen molar-refractivity contribution in [3.8, 4) is 6.07 Å². The third-order valence-electron chi connectivity index (χ3n) is 7.05. The zero-order valence-corrected chi connectivity index (χ0v) is 22.0. The fraction of sp³-hybridized carbons (Fsp3) is 0.200. The number of aryl methyl sites for hydroxylation is 2. The molecule has 4 atom stereocenters. The molecule has 1 aliphatic heterocycles. The first-order chi connectivity index (χ1) is 18.8. The van der Waals surface area contributed by atoms with Crippen LogP contribution in [0.4, 0.5) is 10.5 Å². The number of nitriles is 1. The van der Waals surface area contributed by atoms with E-state index in [2.05, 4.69) is 11.4 Å². The lowest BCUT2D eigenvalue weighted by Crippen LogP contribution is -2.45. The van der Waals surface area contributed by atoms with Crippen molar-refractivity contribution in [3.05, 3.63) is 111 Å². The second-order valence-corrected chi connectivity index (χ2v) is 10.4. The number of nitrogens with zero attached hydrogens (tertiary/aromatic N) is 2. The molecule has 9 heteroatoms. The minimum absolute atomic E-state index is 0.102. The smallest absolute Gasteiger partial charge is 0.327 e. The number of carbonyl (C=O) groups is 3. The number of Topliss-reactive ketones (excluding diaryl/α,β-unsaturated/α-hetero) is 1. The molecule has 0 radical (unpaired) electrons. The number of ketones is 1. The number of benzene rings is 2. The Bertz CT molecular complexity index is 1570. The minimum Gasteiger partial charge on any atom is -0.480 e. The van der Waals surface area contributed by atoms with Crippen LogP contribution in [0.5, 0.6) is 0 Å². The first-order valence-electron chi connectivity index (χ1n) is 12.3. The van der Waals surface area contributed by atoms with E-state index in [1.165, 1.54) is 16.2 Å². The maximum Gasteiger partial charge on any atom is 0.327 e. The molecule has 4 aromatic rings. The number of thiophene rings is 1. The van der Waals surface area contributed by atoms with Gasteiger partial charge in [0.05, 0.1) is 23.6 Å². The van der Waals surface area contributed by atoms with Crippen molar-refractivity contribution in [2.45, 2.75) is 31.8 Å². The molecule has 0 saturated carbocycles. The predicted molar refractivity (Wildman–Crippen MR) is 146 cm³/mol. The molecule has 2 aromatic carbocycles. The number of hydrogen-bond donors (Lipinski definition) is 2. The van der Waals surface area contributed by atoms with Crippen molar-refractivity contribution in [2.24, 2.45) is 5.92 Å². The normalized spacial score (nSPS) is 20.4. The third kappa shape index (κ3) is 4.82. The number of furan rings is 1. The summed E-state index contributed by atoms with van der Waals surface area (Å²) < 4.78 is 5.71. The maximum atomic E-state index is 14.2. The standard InChI is InChI=1S/C30H25N3O5S/c1-17-14-15-39-28(17)24-23(27(34)22-13-8-18(2)38-22)25(20-11-9-19(16-31)10-12-20)33(26(24)29(35)36)30(37)32-21-6-4-3-5-7-21/h3-15,23-26H,1-2H3,(H,32,37)(H,35,36). The number of nitrogens with one attached hydrogen (secondary N) is 1. The van der Waals surface area contributed by atoms with Crippen molar-refractivity contribution >= 4 is 34.8 Å². The highest BCUT2D eigenvalue weighted by atomic mass is 32.1. The van der Waals surface area contributed by atoms with Crippen LogP contribution in [-0.4, -0.2) is 33.8 Å². The number of carboxylic acids is 1. The molecular formula is C30H25N3O5S. The number of anilines is 1. The summed E-state index contributed by atoms with van der Waals surface area (Å²) in [7, 11) is 0. The number of aliphatic carboxylic acids is 1. The second-order valence-electron chi connectivity index (χ2n) is 9.46. The number of amides is 2. The van der Waals surface area contributed by atoms with E-state index < -0.39 is 41.7 Å². The molecule has 196 valence electrons. The SMILES string of the molecule is Cc1ccc(C(=O)C2C(c3sccc3C)C(C(=O)O)N(C(=O)Nc3ccccc3)C2c2ccc(C#N)cc2)o1. The van der Waals surface area contributed by atoms with Gasteiger partial charge in [-0.1, -0.05) is 30.3 Å². The fourth-order valence-corrected chi connectivity index (χ4v) is 6.44. The molecule has 5 rings (SSSR count). The second kappa shape index (κ2) is 10.6. The molecule has 0 bridgehead atoms. The van der Waals surface area contributed by atoms with E-state index in [-0.39, 0.29) is 5.76 Å². The van der Waals surface area contributed by atoms with Crippen LogP contribution in [0.15, 0.2) is 82.6 Å². The van der Waals surface area contributed by atoms with Gasteiger partial charge >= 0.3 is 12.0 Å². The Morgan fingerprint density at radius 2 is 1.72 bits per heavy atom. The van der Waals surface area contributed by atoms with E-state index >= 15 is 0 Å². The van der Waals surface area contributed by atoms with Gasteiger partial charge < -0.3 is 19.7 Å². The molecule has 39 heavy (non-hydrogen) atoms. The molecule has 8 nitrogen and oxygen atoms in total. The molecule has 1 aliphatic rings. The van der Waals surface area contributed by atoms with Gasteiger partial charge in [0, 0.05) is 16.5 Å². The van der Waals surface area contributed by atoms with Crippen molar-refractivity contribution < 1.29 is 23.9 Å². The number of carbonyl (C=O) groups excluding carboxylic acids is 2. The van der Waals surface area contributed by atoms with E-state index in [0.29, 0.717) is 22.6 Å². The number of hydrogen-bond acceptors (Lipinski definition) is 6. The van der Waals surface area contributed by atoms with Crippen LogP contribution in [-0.2, 0) is 4.79 Å². The number of likely N-dealkylation sites (tertiary alicyclic amines) is 1. The largest absolute Gasteiger partial charge is 0.480 e. The molecule has 3 heterocycles. The van der Waals surface area contributed by atoms with Crippen LogP contribution < -0.4 is 5.32 Å². The molecule has 0 spiro atoms. The zero-order valence-electron chi connectivity index (χ0n) is 21.2. The topological polar surface area (TPSA) is 124 Å². The minimum atomic E-state index is -1.35. The van der Waals surface area contributed by atoms with Crippen LogP contribution in [0.3, 0.4) is 0 Å². The van der Waals surface area contributed by atoms with Crippen molar-refractivity contribution in [1.29, 1.82) is 5.26 Å². The van der Waals surface area contributed by atoms with Gasteiger partial charge in [-0.25, -0.2) is 9.59 Å². The van der Waals surface area contributed by atoms with Crippen LogP contribution in [0.25, 0.3) is 0 Å². The summed E-state index contributed by atoms with van der Waals surface area (Å²) in [6, 6.07) is 19.5. The number of rotatable bonds is 6. The first-order valence-corrected chi connectivity index (χ1v) is 13.2. The molecule has 4 unspecified atom stereocenters. The fourth-order valence-electron chi connectivity index (χ4n) is 5.34. The Morgan fingerprint density at radius 3 is 2.28 bits per heavy atom. The lowest BCUT2D eigenvalue weighted by Gasteiger charge is -2.30. The Hall–Kier alpha value is -4.68. The summed E-state index contributed by atoms with van der Waals surface area (Å²) >= 11 is 1.36. The third-order valence-corrected chi connectivity index (χ3v) is 8.17. The Balaban J connectivity index is 1.73. The summed E-state index contributed by atoms with van der Waals surface area (Å²) in [4.78, 5) is 43.1. The molecule has 0 aliphatic carbocycles. The van der Waals surface area contributed by atoms with E-state index in [9.17, 15) is 24.8 Å². The van der Waals surface area contributed by atoms with Gasteiger partial charge in [-0.15, -0.1) is 11.3 Å². The summed E-state index contributed by atoms with van der Waals surface area (Å²) in [6.45, 7) is 3.59. The quantitative estimate of drug-likeness (QED) is 0.283. The summed E-state index contributed by atoms with van der Waals surface area (Å²) in [6.07, 6.45) is 0. The highest BCUT2D eigenvalue weighted by molar-refractivity contribution is 7.10. The van der Waals surface area contributed by atoms with Crippen LogP contribution in [0, 0.1) is 31.1 Å². The van der Waals surface area contributed by atoms with Gasteiger partial charge in [0.2, 0.25) is 5.78 Å². The Kier molecular flexibility index (Phi) is 7.05. The van der Waals surface area contributed by atoms with E-state index in [1.54, 1.807) is 73.7 Å². The molecule has 2 N–H and O–H groups in total. The van der Waals surface area contributed by atoms with E-state index in [0.717, 1.165) is 10.4 Å². The van der Waals surface area contributed by atoms with Gasteiger partial charge in [0.25, 0.3) is 0 Å². The lowest BCUT2D eigenvalue weighted by molar-refractivity contribution is -0.142. The highest BCUT2D eigenvalue weighted by Crippen LogP contribution is 2.53.